The zero-order chi connectivity index (χ0) is 22.5. The predicted octanol–water partition coefficient (Wildman–Crippen LogP) is 1.24. The second-order valence-corrected chi connectivity index (χ2v) is 8.69. The Morgan fingerprint density at radius 3 is 2.44 bits per heavy atom. The lowest BCUT2D eigenvalue weighted by molar-refractivity contribution is 0.0383. The molecule has 2 aliphatic heterocycles. The van der Waals surface area contributed by atoms with Crippen molar-refractivity contribution in [3.63, 3.8) is 0 Å². The molecule has 9 nitrogen and oxygen atoms in total. The van der Waals surface area contributed by atoms with Gasteiger partial charge in [-0.3, -0.25) is 9.69 Å². The number of urea groups is 1. The van der Waals surface area contributed by atoms with E-state index in [1.807, 2.05) is 37.1 Å². The van der Waals surface area contributed by atoms with Gasteiger partial charge in [0.2, 0.25) is 0 Å². The zero-order valence-corrected chi connectivity index (χ0v) is 19.0. The van der Waals surface area contributed by atoms with Crippen LogP contribution in [0, 0.1) is 0 Å². The smallest absolute Gasteiger partial charge is 0.317 e. The Bertz CT molecular complexity index is 929. The first-order valence-corrected chi connectivity index (χ1v) is 11.5. The van der Waals surface area contributed by atoms with Gasteiger partial charge in [0.25, 0.3) is 5.91 Å². The number of nitrogens with zero attached hydrogens (tertiary/aromatic N) is 4. The number of piperazine rings is 1. The number of ether oxygens (including phenoxy) is 1. The molecule has 0 radical (unpaired) electrons. The molecule has 0 bridgehead atoms. The van der Waals surface area contributed by atoms with Gasteiger partial charge in [0, 0.05) is 70.1 Å². The molecule has 0 unspecified atom stereocenters. The van der Waals surface area contributed by atoms with Gasteiger partial charge in [-0.2, -0.15) is 0 Å². The van der Waals surface area contributed by atoms with E-state index in [-0.39, 0.29) is 18.0 Å². The molecule has 2 N–H and O–H groups in total. The van der Waals surface area contributed by atoms with Crippen molar-refractivity contribution in [3.8, 4) is 0 Å². The van der Waals surface area contributed by atoms with Gasteiger partial charge < -0.3 is 29.6 Å². The van der Waals surface area contributed by atoms with E-state index in [4.69, 9.17) is 4.74 Å². The summed E-state index contributed by atoms with van der Waals surface area (Å²) in [6.07, 6.45) is 1.91. The third-order valence-electron chi connectivity index (χ3n) is 6.01. The third kappa shape index (κ3) is 5.34. The molecular formula is C23H34N6O3. The Labute approximate surface area is 189 Å². The van der Waals surface area contributed by atoms with E-state index in [0.29, 0.717) is 25.2 Å². The number of amides is 3. The van der Waals surface area contributed by atoms with Crippen molar-refractivity contribution < 1.29 is 14.3 Å². The number of carbonyl (C=O) groups is 2. The molecule has 0 spiro atoms. The molecule has 3 amide bonds. The number of nitrogens with one attached hydrogen (secondary N) is 2. The van der Waals surface area contributed by atoms with Crippen LogP contribution in [0.25, 0.3) is 5.52 Å². The van der Waals surface area contributed by atoms with Crippen LogP contribution in [-0.2, 0) is 4.74 Å². The van der Waals surface area contributed by atoms with Gasteiger partial charge in [0.05, 0.1) is 18.8 Å². The highest BCUT2D eigenvalue weighted by Crippen LogP contribution is 2.22. The second kappa shape index (κ2) is 10.2. The first kappa shape index (κ1) is 22.4. The molecule has 4 rings (SSSR count). The number of fused-ring (bicyclic) bond motifs is 1. The maximum Gasteiger partial charge on any atom is 0.317 e. The number of aromatic nitrogens is 1. The minimum Gasteiger partial charge on any atom is -0.379 e. The molecule has 9 heteroatoms. The Kier molecular flexibility index (Phi) is 7.16. The molecule has 4 heterocycles. The molecule has 32 heavy (non-hydrogen) atoms. The number of pyridine rings is 1. The fraction of sp³-hybridized carbons (Fsp3) is 0.565. The summed E-state index contributed by atoms with van der Waals surface area (Å²) in [5.74, 6) is 0.988. The molecule has 0 aromatic carbocycles. The first-order chi connectivity index (χ1) is 15.5. The van der Waals surface area contributed by atoms with Crippen LogP contribution in [0.1, 0.15) is 24.2 Å². The predicted molar refractivity (Wildman–Crippen MR) is 124 cm³/mol. The molecule has 2 saturated heterocycles. The van der Waals surface area contributed by atoms with Gasteiger partial charge in [-0.15, -0.1) is 0 Å². The van der Waals surface area contributed by atoms with Gasteiger partial charge in [-0.05, 0) is 38.1 Å². The van der Waals surface area contributed by atoms with Crippen molar-refractivity contribution in [2.45, 2.75) is 19.9 Å². The van der Waals surface area contributed by atoms with Crippen LogP contribution < -0.4 is 15.5 Å². The van der Waals surface area contributed by atoms with Crippen molar-refractivity contribution in [1.29, 1.82) is 0 Å². The topological polar surface area (TPSA) is 81.6 Å². The van der Waals surface area contributed by atoms with E-state index in [1.165, 1.54) is 0 Å². The van der Waals surface area contributed by atoms with Gasteiger partial charge in [0.15, 0.2) is 0 Å². The van der Waals surface area contributed by atoms with Crippen LogP contribution in [0.5, 0.6) is 0 Å². The lowest BCUT2D eigenvalue weighted by Gasteiger charge is -2.36. The molecular weight excluding hydrogens is 408 g/mol. The van der Waals surface area contributed by atoms with Crippen molar-refractivity contribution in [1.82, 2.24) is 24.8 Å². The summed E-state index contributed by atoms with van der Waals surface area (Å²) in [6, 6.07) is 8.13. The number of carbonyl (C=O) groups excluding carboxylic acids is 2. The Morgan fingerprint density at radius 1 is 1.00 bits per heavy atom. The van der Waals surface area contributed by atoms with Crippen LogP contribution in [0.2, 0.25) is 0 Å². The quantitative estimate of drug-likeness (QED) is 0.704. The lowest BCUT2D eigenvalue weighted by atomic mass is 10.2. The molecule has 174 valence electrons. The van der Waals surface area contributed by atoms with Crippen molar-refractivity contribution in [2.75, 3.05) is 70.5 Å². The molecule has 0 saturated carbocycles. The number of morpholine rings is 1. The number of anilines is 1. The van der Waals surface area contributed by atoms with Gasteiger partial charge in [-0.25, -0.2) is 4.79 Å². The molecule has 2 fully saturated rings. The number of rotatable bonds is 6. The van der Waals surface area contributed by atoms with Crippen LogP contribution in [0.4, 0.5) is 10.6 Å². The van der Waals surface area contributed by atoms with Gasteiger partial charge in [0.1, 0.15) is 5.82 Å². The lowest BCUT2D eigenvalue weighted by Crippen LogP contribution is -2.53. The zero-order valence-electron chi connectivity index (χ0n) is 19.0. The molecule has 0 aliphatic carbocycles. The summed E-state index contributed by atoms with van der Waals surface area (Å²) >= 11 is 0. The highest BCUT2D eigenvalue weighted by molar-refractivity contribution is 5.94. The van der Waals surface area contributed by atoms with Crippen molar-refractivity contribution in [2.24, 2.45) is 0 Å². The summed E-state index contributed by atoms with van der Waals surface area (Å²) in [4.78, 5) is 31.4. The average Bonchev–Trinajstić information content (AvgIpc) is 3.22. The largest absolute Gasteiger partial charge is 0.379 e. The second-order valence-electron chi connectivity index (χ2n) is 8.69. The van der Waals surface area contributed by atoms with E-state index in [0.717, 1.165) is 57.3 Å². The molecule has 0 atom stereocenters. The first-order valence-electron chi connectivity index (χ1n) is 11.5. The molecule has 2 aliphatic rings. The number of hydrogen-bond donors (Lipinski definition) is 2. The Morgan fingerprint density at radius 2 is 1.72 bits per heavy atom. The van der Waals surface area contributed by atoms with Gasteiger partial charge in [-0.1, -0.05) is 0 Å². The maximum absolute atomic E-state index is 12.7. The highest BCUT2D eigenvalue weighted by Gasteiger charge is 2.23. The number of hydrogen-bond acceptors (Lipinski definition) is 5. The summed E-state index contributed by atoms with van der Waals surface area (Å²) in [6.45, 7) is 11.6. The fourth-order valence-corrected chi connectivity index (χ4v) is 4.21. The maximum atomic E-state index is 12.7. The molecule has 2 aromatic rings. The summed E-state index contributed by atoms with van der Waals surface area (Å²) in [5, 5.41) is 6.00. The normalized spacial score (nSPS) is 17.7. The highest BCUT2D eigenvalue weighted by atomic mass is 16.5. The fourth-order valence-electron chi connectivity index (χ4n) is 4.21. The third-order valence-corrected chi connectivity index (χ3v) is 6.01. The van der Waals surface area contributed by atoms with Crippen molar-refractivity contribution >= 4 is 23.3 Å². The summed E-state index contributed by atoms with van der Waals surface area (Å²) in [5.41, 5.74) is 1.69. The van der Waals surface area contributed by atoms with E-state index >= 15 is 0 Å². The van der Waals surface area contributed by atoms with Crippen LogP contribution >= 0.6 is 0 Å². The summed E-state index contributed by atoms with van der Waals surface area (Å²) in [7, 11) is 0. The van der Waals surface area contributed by atoms with E-state index < -0.39 is 0 Å². The standard InChI is InChI=1S/C23H34N6O3/c1-18(2)25-23(31)28-11-9-27(10-12-28)21-6-5-20-4-3-19(17-29(20)21)22(30)24-7-8-26-13-15-32-16-14-26/h3-6,17-18H,7-16H2,1-2H3,(H,24,30)(H,25,31). The monoisotopic (exact) mass is 442 g/mol. The minimum atomic E-state index is -0.0602. The van der Waals surface area contributed by atoms with Crippen LogP contribution in [0.15, 0.2) is 30.5 Å². The van der Waals surface area contributed by atoms with Crippen molar-refractivity contribution in [3.05, 3.63) is 36.0 Å². The summed E-state index contributed by atoms with van der Waals surface area (Å²) < 4.78 is 7.44. The average molecular weight is 443 g/mol. The Balaban J connectivity index is 1.36. The Hall–Kier alpha value is -2.78. The van der Waals surface area contributed by atoms with Crippen LogP contribution in [0.3, 0.4) is 0 Å². The SMILES string of the molecule is CC(C)NC(=O)N1CCN(c2ccc3ccc(C(=O)NCCN4CCOCC4)cn23)CC1. The minimum absolute atomic E-state index is 0.00398. The van der Waals surface area contributed by atoms with E-state index in [1.54, 1.807) is 0 Å². The molecule has 2 aromatic heterocycles. The van der Waals surface area contributed by atoms with E-state index in [2.05, 4.69) is 37.0 Å². The van der Waals surface area contributed by atoms with Crippen LogP contribution in [-0.4, -0.2) is 97.8 Å². The van der Waals surface area contributed by atoms with E-state index in [9.17, 15) is 9.59 Å². The van der Waals surface area contributed by atoms with Gasteiger partial charge >= 0.3 is 6.03 Å².